The molecule has 0 N–H and O–H groups in total. The number of furan rings is 4. The highest BCUT2D eigenvalue weighted by Crippen LogP contribution is 2.50. The van der Waals surface area contributed by atoms with Crippen molar-refractivity contribution in [2.24, 2.45) is 0 Å². The Morgan fingerprint density at radius 3 is 0.896 bits per heavy atom. The average Bonchev–Trinajstić information content (AvgIpc) is 1.58. The van der Waals surface area contributed by atoms with Crippen LogP contribution in [0.1, 0.15) is 5.56 Å². The second-order valence-electron chi connectivity index (χ2n) is 35.2. The third-order valence-electron chi connectivity index (χ3n) is 26.1. The number of halogens is 4. The third kappa shape index (κ3) is 18.6. The summed E-state index contributed by atoms with van der Waals surface area (Å²) in [7, 11) is 0. The van der Waals surface area contributed by atoms with Crippen molar-refractivity contribution in [3.8, 4) is 33.4 Å². The summed E-state index contributed by atoms with van der Waals surface area (Å²) in [5, 5.41) is 13.5. The standard InChI is InChI=1S/C42H29ClN2O.C34H22ClNO.C30H20ClNO.C25H18ClNO/c43-31-27-38(30-21-23-36(24-22-30)44(32-13-5-1-6-14-32)33-15-7-2-8-16-33)42-39-29-37(25-26-40(39)46-41(42)28-31)45(34-17-9-3-10-18-34)35-19-11-4-12-20-35;35-27-13-18-31-32-22-30(17-19-33(32)37-34(31)21-27)36(29-16-12-24-8-4-5-9-26(24)20-29)28-14-10-25(11-15-28)23-6-2-1-3-7-23;31-22-16-17-25-27-19-28(32(23-12-6-2-7-13-23)24-14-8-3-9-15-24)26(21-10-4-1-5-11-21)20-30(27)33-29(25)18-22;1-17-14-24-22(21-13-12-18(26)15-25(21)28-24)16-23(17)27(19-8-4-2-5-9-19)20-10-6-3-7-11-20/h1-29H;1-22H;1-20H;2-16H,1H3. The van der Waals surface area contributed by atoms with Crippen LogP contribution in [0.3, 0.4) is 0 Å². The summed E-state index contributed by atoms with van der Waals surface area (Å²) in [4.78, 5) is 11.4. The van der Waals surface area contributed by atoms with Gasteiger partial charge in [0, 0.05) is 173 Å². The first kappa shape index (κ1) is 90.3. The fraction of sp³-hybridized carbons (Fsp3) is 0.00763. The highest BCUT2D eigenvalue weighted by atomic mass is 35.5. The first-order valence-corrected chi connectivity index (χ1v) is 49.2. The van der Waals surface area contributed by atoms with Crippen molar-refractivity contribution in [3.05, 3.63) is 547 Å². The average molecular weight is 1940 g/mol. The number of hydrogen-bond acceptors (Lipinski definition) is 9. The summed E-state index contributed by atoms with van der Waals surface area (Å²) in [5.74, 6) is 0. The Hall–Kier alpha value is -17.5. The van der Waals surface area contributed by atoms with Gasteiger partial charge < -0.3 is 42.2 Å². The highest BCUT2D eigenvalue weighted by molar-refractivity contribution is 6.33. The molecule has 0 aliphatic rings. The molecule has 0 radical (unpaired) electrons. The Balaban J connectivity index is 0.000000108. The van der Waals surface area contributed by atoms with Gasteiger partial charge in [0.15, 0.2) is 0 Å². The molecule has 13 heteroatoms. The third-order valence-corrected chi connectivity index (χ3v) is 27.0. The van der Waals surface area contributed by atoms with E-state index in [1.807, 2.05) is 133 Å². The second kappa shape index (κ2) is 40.4. The van der Waals surface area contributed by atoms with E-state index in [0.717, 1.165) is 201 Å². The molecular weight excluding hydrogens is 1850 g/mol. The molecular formula is C131H89Cl4N5O4. The maximum atomic E-state index is 6.71. The predicted octanol–water partition coefficient (Wildman–Crippen LogP) is 40.8. The topological polar surface area (TPSA) is 68.8 Å². The number of anilines is 15. The maximum Gasteiger partial charge on any atom is 0.137 e. The fourth-order valence-corrected chi connectivity index (χ4v) is 20.1. The van der Waals surface area contributed by atoms with Gasteiger partial charge in [-0.2, -0.15) is 0 Å². The Morgan fingerprint density at radius 2 is 0.444 bits per heavy atom. The van der Waals surface area contributed by atoms with E-state index >= 15 is 0 Å². The molecule has 0 fully saturated rings. The molecule has 4 aromatic heterocycles. The van der Waals surface area contributed by atoms with Gasteiger partial charge in [-0.15, -0.1) is 0 Å². The van der Waals surface area contributed by atoms with Crippen molar-refractivity contribution in [1.29, 1.82) is 0 Å². The minimum Gasteiger partial charge on any atom is -0.456 e. The lowest BCUT2D eigenvalue weighted by molar-refractivity contribution is 0.668. The van der Waals surface area contributed by atoms with Gasteiger partial charge in [0.2, 0.25) is 0 Å². The molecule has 0 atom stereocenters. The Bertz CT molecular complexity index is 8910. The molecule has 0 aliphatic carbocycles. The maximum absolute atomic E-state index is 6.71. The van der Waals surface area contributed by atoms with Gasteiger partial charge in [-0.25, -0.2) is 0 Å². The van der Waals surface area contributed by atoms with Crippen LogP contribution < -0.4 is 24.5 Å². The van der Waals surface area contributed by atoms with E-state index < -0.39 is 0 Å². The number of aryl methyl sites for hydroxylation is 1. The van der Waals surface area contributed by atoms with E-state index in [0.29, 0.717) is 20.1 Å². The van der Waals surface area contributed by atoms with E-state index in [1.165, 1.54) is 21.9 Å². The molecule has 0 saturated carbocycles. The smallest absolute Gasteiger partial charge is 0.137 e. The van der Waals surface area contributed by atoms with Crippen LogP contribution in [0.4, 0.5) is 85.3 Å². The Labute approximate surface area is 853 Å². The number of hydrogen-bond donors (Lipinski definition) is 0. The summed E-state index contributed by atoms with van der Waals surface area (Å²) in [6, 6.07) is 180. The summed E-state index contributed by atoms with van der Waals surface area (Å²) in [5.41, 5.74) is 30.8. The van der Waals surface area contributed by atoms with Crippen LogP contribution in [0.5, 0.6) is 0 Å². The molecule has 0 bridgehead atoms. The molecule has 0 aliphatic heterocycles. The van der Waals surface area contributed by atoms with Crippen LogP contribution in [0.15, 0.2) is 539 Å². The van der Waals surface area contributed by atoms with Gasteiger partial charge in [0.05, 0.1) is 5.69 Å². The van der Waals surface area contributed by atoms with Crippen LogP contribution in [0.25, 0.3) is 132 Å². The van der Waals surface area contributed by atoms with Crippen molar-refractivity contribution in [3.63, 3.8) is 0 Å². The predicted molar refractivity (Wildman–Crippen MR) is 607 cm³/mol. The lowest BCUT2D eigenvalue weighted by atomic mass is 9.98. The zero-order chi connectivity index (χ0) is 96.9. The van der Waals surface area contributed by atoms with Gasteiger partial charge in [-0.3, -0.25) is 0 Å². The van der Waals surface area contributed by atoms with Gasteiger partial charge >= 0.3 is 0 Å². The molecule has 4 heterocycles. The minimum atomic E-state index is 0.635. The van der Waals surface area contributed by atoms with Crippen LogP contribution in [0.2, 0.25) is 20.1 Å². The summed E-state index contributed by atoms with van der Waals surface area (Å²) in [6.07, 6.45) is 0. The number of para-hydroxylation sites is 8. The lowest BCUT2D eigenvalue weighted by Gasteiger charge is -2.28. The molecule has 26 aromatic rings. The van der Waals surface area contributed by atoms with Gasteiger partial charge in [0.25, 0.3) is 0 Å². The fourth-order valence-electron chi connectivity index (χ4n) is 19.4. The molecule has 26 rings (SSSR count). The summed E-state index contributed by atoms with van der Waals surface area (Å²) < 4.78 is 24.8. The normalized spacial score (nSPS) is 11.2. The Morgan fingerprint density at radius 1 is 0.160 bits per heavy atom. The van der Waals surface area contributed by atoms with Crippen LogP contribution in [0, 0.1) is 6.92 Å². The number of nitrogens with zero attached hydrogens (tertiary/aromatic N) is 5. The molecule has 0 unspecified atom stereocenters. The lowest BCUT2D eigenvalue weighted by Crippen LogP contribution is -2.11. The largest absolute Gasteiger partial charge is 0.456 e. The van der Waals surface area contributed by atoms with Gasteiger partial charge in [-0.1, -0.05) is 307 Å². The second-order valence-corrected chi connectivity index (χ2v) is 37.0. The van der Waals surface area contributed by atoms with Crippen LogP contribution in [-0.2, 0) is 0 Å². The van der Waals surface area contributed by atoms with E-state index in [-0.39, 0.29) is 0 Å². The molecule has 22 aromatic carbocycles. The number of benzene rings is 22. The first-order chi connectivity index (χ1) is 70.9. The highest BCUT2D eigenvalue weighted by Gasteiger charge is 2.26. The van der Waals surface area contributed by atoms with E-state index in [9.17, 15) is 0 Å². The van der Waals surface area contributed by atoms with Gasteiger partial charge in [0.1, 0.15) is 44.7 Å². The number of fused-ring (bicyclic) bond motifs is 13. The first-order valence-electron chi connectivity index (χ1n) is 47.7. The molecule has 690 valence electrons. The zero-order valence-corrected chi connectivity index (χ0v) is 81.1. The van der Waals surface area contributed by atoms with Crippen molar-refractivity contribution >= 4 is 230 Å². The molecule has 0 amide bonds. The Kier molecular flexibility index (Phi) is 25.3. The van der Waals surface area contributed by atoms with Gasteiger partial charge in [-0.05, 0) is 288 Å². The zero-order valence-electron chi connectivity index (χ0n) is 78.0. The van der Waals surface area contributed by atoms with E-state index in [1.54, 1.807) is 0 Å². The molecule has 9 nitrogen and oxygen atoms in total. The van der Waals surface area contributed by atoms with Crippen molar-refractivity contribution in [1.82, 2.24) is 0 Å². The van der Waals surface area contributed by atoms with Crippen molar-refractivity contribution < 1.29 is 17.7 Å². The van der Waals surface area contributed by atoms with E-state index in [2.05, 4.69) is 420 Å². The van der Waals surface area contributed by atoms with Crippen LogP contribution >= 0.6 is 46.4 Å². The minimum absolute atomic E-state index is 0.635. The van der Waals surface area contributed by atoms with Crippen molar-refractivity contribution in [2.75, 3.05) is 24.5 Å². The monoisotopic (exact) mass is 1940 g/mol. The van der Waals surface area contributed by atoms with Crippen molar-refractivity contribution in [2.45, 2.75) is 6.92 Å². The van der Waals surface area contributed by atoms with Crippen LogP contribution in [-0.4, -0.2) is 0 Å². The summed E-state index contributed by atoms with van der Waals surface area (Å²) >= 11 is 25.3. The molecule has 144 heavy (non-hydrogen) atoms. The van der Waals surface area contributed by atoms with E-state index in [4.69, 9.17) is 64.1 Å². The molecule has 0 spiro atoms. The summed E-state index contributed by atoms with van der Waals surface area (Å²) in [6.45, 7) is 2.12. The quantitative estimate of drug-likeness (QED) is 0.0836. The SMILES string of the molecule is Cc1cc2oc3cc(Cl)ccc3c2cc1N(c1ccccc1)c1ccccc1.Clc1cc(-c2ccc(N(c3ccccc3)c3ccccc3)cc2)c2c(c1)oc1ccc(N(c3ccccc3)c3ccccc3)cc12.Clc1ccc2c(c1)oc1cc(-c3ccccc3)c(N(c3ccccc3)c3ccccc3)cc12.Clc1ccc2c(c1)oc1ccc(N(c3ccc(-c4ccccc4)cc3)c3ccc4ccccc4c3)cc12. The molecule has 0 saturated heterocycles. The number of rotatable bonds is 18.